The van der Waals surface area contributed by atoms with E-state index in [9.17, 15) is 23.1 Å². The van der Waals surface area contributed by atoms with E-state index < -0.39 is 35.4 Å². The zero-order valence-electron chi connectivity index (χ0n) is 15.8. The van der Waals surface area contributed by atoms with Crippen molar-refractivity contribution >= 4 is 34.4 Å². The molecule has 1 atom stereocenters. The lowest BCUT2D eigenvalue weighted by atomic mass is 10.0. The van der Waals surface area contributed by atoms with Gasteiger partial charge in [0, 0.05) is 6.07 Å². The van der Waals surface area contributed by atoms with Crippen LogP contribution in [0.1, 0.15) is 29.8 Å². The van der Waals surface area contributed by atoms with E-state index in [1.54, 1.807) is 0 Å². The Morgan fingerprint density at radius 3 is 2.73 bits per heavy atom. The highest BCUT2D eigenvalue weighted by molar-refractivity contribution is 6.31. The van der Waals surface area contributed by atoms with E-state index in [1.165, 1.54) is 26.2 Å². The largest absolute Gasteiger partial charge is 0.479 e. The second-order valence-corrected chi connectivity index (χ2v) is 6.73. The molecule has 0 aliphatic heterocycles. The van der Waals surface area contributed by atoms with Crippen molar-refractivity contribution in [1.29, 1.82) is 0 Å². The van der Waals surface area contributed by atoms with E-state index in [4.69, 9.17) is 16.3 Å². The van der Waals surface area contributed by atoms with Gasteiger partial charge in [0.25, 0.3) is 0 Å². The summed E-state index contributed by atoms with van der Waals surface area (Å²) in [4.78, 5) is 16.5. The van der Waals surface area contributed by atoms with Crippen molar-refractivity contribution in [2.45, 2.75) is 25.7 Å². The normalized spacial score (nSPS) is 12.6. The van der Waals surface area contributed by atoms with Crippen LogP contribution in [0.2, 0.25) is 5.02 Å². The molecule has 12 heteroatoms. The van der Waals surface area contributed by atoms with E-state index in [2.05, 4.69) is 25.8 Å². The number of aliphatic hydroxyl groups excluding tert-OH is 1. The molecule has 30 heavy (non-hydrogen) atoms. The lowest BCUT2D eigenvalue weighted by Gasteiger charge is -2.17. The van der Waals surface area contributed by atoms with Gasteiger partial charge in [-0.1, -0.05) is 17.7 Å². The number of urea groups is 1. The summed E-state index contributed by atoms with van der Waals surface area (Å²) in [6.07, 6.45) is -4.61. The predicted molar refractivity (Wildman–Crippen MR) is 103 cm³/mol. The van der Waals surface area contributed by atoms with Crippen molar-refractivity contribution in [3.05, 3.63) is 46.1 Å². The zero-order valence-corrected chi connectivity index (χ0v) is 16.5. The molecule has 1 aromatic carbocycles. The average Bonchev–Trinajstić information content (AvgIpc) is 3.09. The SMILES string of the molecule is COc1n[nH]c2cc(NC(=O)NC(C)c3ccc(Cl)c(C(F)(F)F)c3)nc(CO)c12. The molecule has 3 rings (SSSR count). The number of anilines is 1. The minimum Gasteiger partial charge on any atom is -0.479 e. The van der Waals surface area contributed by atoms with Gasteiger partial charge in [0.2, 0.25) is 5.88 Å². The smallest absolute Gasteiger partial charge is 0.417 e. The van der Waals surface area contributed by atoms with Gasteiger partial charge in [-0.05, 0) is 24.6 Å². The van der Waals surface area contributed by atoms with Crippen molar-refractivity contribution in [2.75, 3.05) is 12.4 Å². The number of fused-ring (bicyclic) bond motifs is 1. The van der Waals surface area contributed by atoms with Crippen molar-refractivity contribution in [3.8, 4) is 5.88 Å². The Bertz CT molecular complexity index is 1090. The van der Waals surface area contributed by atoms with Gasteiger partial charge in [-0.15, -0.1) is 5.10 Å². The number of halogens is 4. The van der Waals surface area contributed by atoms with E-state index in [0.29, 0.717) is 10.9 Å². The molecule has 0 saturated heterocycles. The van der Waals surface area contributed by atoms with Gasteiger partial charge in [0.15, 0.2) is 0 Å². The Labute approximate surface area is 173 Å². The summed E-state index contributed by atoms with van der Waals surface area (Å²) in [7, 11) is 1.42. The van der Waals surface area contributed by atoms with Crippen LogP contribution >= 0.6 is 11.6 Å². The third-order valence-corrected chi connectivity index (χ3v) is 4.64. The lowest BCUT2D eigenvalue weighted by Crippen LogP contribution is -2.31. The maximum Gasteiger partial charge on any atom is 0.417 e. The van der Waals surface area contributed by atoms with Crippen LogP contribution in [0.15, 0.2) is 24.3 Å². The van der Waals surface area contributed by atoms with Crippen molar-refractivity contribution in [3.63, 3.8) is 0 Å². The van der Waals surface area contributed by atoms with Gasteiger partial charge in [0.05, 0.1) is 46.9 Å². The minimum absolute atomic E-state index is 0.106. The van der Waals surface area contributed by atoms with Crippen LogP contribution in [-0.4, -0.2) is 33.4 Å². The Balaban J connectivity index is 1.77. The van der Waals surface area contributed by atoms with Crippen LogP contribution < -0.4 is 15.4 Å². The van der Waals surface area contributed by atoms with Crippen molar-refractivity contribution in [2.24, 2.45) is 0 Å². The molecule has 0 spiro atoms. The molecule has 0 saturated carbocycles. The summed E-state index contributed by atoms with van der Waals surface area (Å²) in [6.45, 7) is 1.10. The molecule has 1 unspecified atom stereocenters. The second-order valence-electron chi connectivity index (χ2n) is 6.32. The first-order valence-electron chi connectivity index (χ1n) is 8.61. The van der Waals surface area contributed by atoms with Gasteiger partial charge in [-0.2, -0.15) is 13.2 Å². The first kappa shape index (κ1) is 21.7. The molecule has 3 aromatic rings. The number of alkyl halides is 3. The summed E-state index contributed by atoms with van der Waals surface area (Å²) in [6, 6.07) is 3.44. The summed E-state index contributed by atoms with van der Waals surface area (Å²) in [5, 5.41) is 21.3. The molecule has 0 radical (unpaired) electrons. The number of aromatic nitrogens is 3. The van der Waals surface area contributed by atoms with E-state index >= 15 is 0 Å². The van der Waals surface area contributed by atoms with Gasteiger partial charge in [-0.3, -0.25) is 10.4 Å². The molecule has 0 aliphatic rings. The minimum atomic E-state index is -4.61. The second kappa shape index (κ2) is 8.36. The van der Waals surface area contributed by atoms with Crippen LogP contribution in [0, 0.1) is 0 Å². The molecule has 0 fully saturated rings. The van der Waals surface area contributed by atoms with Crippen LogP contribution in [0.3, 0.4) is 0 Å². The number of aliphatic hydroxyl groups is 1. The van der Waals surface area contributed by atoms with Crippen LogP contribution in [0.25, 0.3) is 10.9 Å². The third kappa shape index (κ3) is 4.41. The molecule has 0 bridgehead atoms. The standard InChI is InChI=1S/C18H17ClF3N5O3/c1-8(9-3-4-11(19)10(5-9)18(20,21)22)23-17(29)25-14-6-12-15(13(7-28)24-14)16(30-2)27-26-12/h3-6,8,28H,7H2,1-2H3,(H,26,27)(H2,23,24,25,29). The highest BCUT2D eigenvalue weighted by Crippen LogP contribution is 2.36. The van der Waals surface area contributed by atoms with E-state index in [0.717, 1.165) is 12.1 Å². The number of amides is 2. The predicted octanol–water partition coefficient (Wildman–Crippen LogP) is 4.01. The molecule has 4 N–H and O–H groups in total. The number of ether oxygens (including phenoxy) is 1. The number of hydrogen-bond acceptors (Lipinski definition) is 5. The molecule has 8 nitrogen and oxygen atoms in total. The maximum absolute atomic E-state index is 13.0. The Morgan fingerprint density at radius 1 is 1.37 bits per heavy atom. The number of benzene rings is 1. The summed E-state index contributed by atoms with van der Waals surface area (Å²) < 4.78 is 44.2. The fourth-order valence-electron chi connectivity index (χ4n) is 2.88. The van der Waals surface area contributed by atoms with Crippen molar-refractivity contribution in [1.82, 2.24) is 20.5 Å². The summed E-state index contributed by atoms with van der Waals surface area (Å²) in [5.74, 6) is 0.351. The molecule has 0 aliphatic carbocycles. The molecule has 160 valence electrons. The number of nitrogens with zero attached hydrogens (tertiary/aromatic N) is 2. The number of nitrogens with one attached hydrogen (secondary N) is 3. The van der Waals surface area contributed by atoms with Crippen molar-refractivity contribution < 1.29 is 27.8 Å². The summed E-state index contributed by atoms with van der Waals surface area (Å²) in [5.41, 5.74) is -0.0565. The molecule has 2 amide bonds. The number of carbonyl (C=O) groups excluding carboxylic acids is 1. The van der Waals surface area contributed by atoms with E-state index in [1.807, 2.05) is 0 Å². The molecular formula is C18H17ClF3N5O3. The van der Waals surface area contributed by atoms with E-state index in [-0.39, 0.29) is 23.0 Å². The number of carbonyl (C=O) groups is 1. The molecule has 2 heterocycles. The molecule has 2 aromatic heterocycles. The summed E-state index contributed by atoms with van der Waals surface area (Å²) >= 11 is 5.62. The van der Waals surface area contributed by atoms with Crippen LogP contribution in [-0.2, 0) is 12.8 Å². The van der Waals surface area contributed by atoms with Crippen LogP contribution in [0.5, 0.6) is 5.88 Å². The number of aromatic amines is 1. The average molecular weight is 444 g/mol. The highest BCUT2D eigenvalue weighted by Gasteiger charge is 2.33. The topological polar surface area (TPSA) is 112 Å². The number of methoxy groups -OCH3 is 1. The number of hydrogen-bond donors (Lipinski definition) is 4. The van der Waals surface area contributed by atoms with Gasteiger partial charge >= 0.3 is 12.2 Å². The Kier molecular flexibility index (Phi) is 6.04. The Morgan fingerprint density at radius 2 is 2.10 bits per heavy atom. The van der Waals surface area contributed by atoms with Gasteiger partial charge in [-0.25, -0.2) is 9.78 Å². The fourth-order valence-corrected chi connectivity index (χ4v) is 3.10. The third-order valence-electron chi connectivity index (χ3n) is 4.31. The monoisotopic (exact) mass is 443 g/mol. The van der Waals surface area contributed by atoms with Crippen LogP contribution in [0.4, 0.5) is 23.8 Å². The Hall–Kier alpha value is -3.05. The highest BCUT2D eigenvalue weighted by atomic mass is 35.5. The maximum atomic E-state index is 13.0. The zero-order chi connectivity index (χ0) is 22.1. The number of pyridine rings is 1. The number of rotatable bonds is 5. The first-order chi connectivity index (χ1) is 14.1. The van der Waals surface area contributed by atoms with Gasteiger partial charge in [0.1, 0.15) is 5.82 Å². The van der Waals surface area contributed by atoms with Gasteiger partial charge < -0.3 is 15.2 Å². The number of H-pyrrole nitrogens is 1. The lowest BCUT2D eigenvalue weighted by molar-refractivity contribution is -0.137. The molecular weight excluding hydrogens is 427 g/mol. The quantitative estimate of drug-likeness (QED) is 0.476. The first-order valence-corrected chi connectivity index (χ1v) is 8.98. The fraction of sp³-hybridized carbons (Fsp3) is 0.278.